The van der Waals surface area contributed by atoms with Crippen molar-refractivity contribution in [2.75, 3.05) is 6.54 Å². The summed E-state index contributed by atoms with van der Waals surface area (Å²) in [5, 5.41) is 7.53. The van der Waals surface area contributed by atoms with Gasteiger partial charge in [-0.1, -0.05) is 0 Å². The third kappa shape index (κ3) is 4.43. The van der Waals surface area contributed by atoms with Crippen LogP contribution in [0.5, 0.6) is 0 Å². The van der Waals surface area contributed by atoms with Gasteiger partial charge in [-0.05, 0) is 40.5 Å². The first kappa shape index (κ1) is 17.2. The molecule has 1 aromatic heterocycles. The van der Waals surface area contributed by atoms with E-state index in [1.807, 2.05) is 0 Å². The van der Waals surface area contributed by atoms with Crippen LogP contribution >= 0.6 is 0 Å². The van der Waals surface area contributed by atoms with E-state index in [1.54, 1.807) is 34.6 Å². The van der Waals surface area contributed by atoms with Crippen LogP contribution in [0.1, 0.15) is 58.4 Å². The molecule has 128 valence electrons. The van der Waals surface area contributed by atoms with Crippen molar-refractivity contribution in [2.24, 2.45) is 0 Å². The molecule has 1 fully saturated rings. The molecule has 0 aromatic carbocycles. The number of amides is 1. The van der Waals surface area contributed by atoms with Gasteiger partial charge in [-0.15, -0.1) is 10.2 Å². The lowest BCUT2D eigenvalue weighted by molar-refractivity contribution is -0.154. The summed E-state index contributed by atoms with van der Waals surface area (Å²) in [6.07, 6.45) is 0.115. The molecule has 2 atom stereocenters. The quantitative estimate of drug-likeness (QED) is 0.787. The Morgan fingerprint density at radius 3 is 2.61 bits per heavy atom. The van der Waals surface area contributed by atoms with E-state index in [-0.39, 0.29) is 5.89 Å². The minimum atomic E-state index is -0.662. The molecule has 23 heavy (non-hydrogen) atoms. The molecule has 1 aromatic rings. The lowest BCUT2D eigenvalue weighted by Crippen LogP contribution is -2.44. The Morgan fingerprint density at radius 2 is 2.04 bits per heavy atom. The fourth-order valence-corrected chi connectivity index (χ4v) is 2.33. The second-order valence-corrected chi connectivity index (χ2v) is 6.57. The molecule has 1 aliphatic heterocycles. The molecule has 2 heterocycles. The monoisotopic (exact) mass is 325 g/mol. The van der Waals surface area contributed by atoms with Crippen molar-refractivity contribution in [3.05, 3.63) is 11.8 Å². The van der Waals surface area contributed by atoms with E-state index in [9.17, 15) is 9.59 Å². The summed E-state index contributed by atoms with van der Waals surface area (Å²) in [6, 6.07) is -0.642. The predicted molar refractivity (Wildman–Crippen MR) is 79.5 cm³/mol. The SMILES string of the molecule is Cc1nnc([C@H](C)OC(=O)[C@@H]2CCCN2C(=O)OC(C)(C)C)o1. The van der Waals surface area contributed by atoms with Crippen LogP contribution in [-0.2, 0) is 14.3 Å². The molecular formula is C15H23N3O5. The van der Waals surface area contributed by atoms with Crippen molar-refractivity contribution in [1.82, 2.24) is 15.1 Å². The zero-order valence-corrected chi connectivity index (χ0v) is 14.2. The number of nitrogens with zero attached hydrogens (tertiary/aromatic N) is 3. The molecule has 0 N–H and O–H groups in total. The second-order valence-electron chi connectivity index (χ2n) is 6.57. The van der Waals surface area contributed by atoms with Crippen molar-refractivity contribution >= 4 is 12.1 Å². The average Bonchev–Trinajstić information content (AvgIpc) is 3.04. The first-order chi connectivity index (χ1) is 10.7. The smallest absolute Gasteiger partial charge is 0.411 e. The van der Waals surface area contributed by atoms with E-state index in [0.29, 0.717) is 18.9 Å². The number of ether oxygens (including phenoxy) is 2. The first-order valence-electron chi connectivity index (χ1n) is 7.67. The number of esters is 1. The maximum atomic E-state index is 12.4. The van der Waals surface area contributed by atoms with Crippen molar-refractivity contribution in [1.29, 1.82) is 0 Å². The van der Waals surface area contributed by atoms with Gasteiger partial charge in [0.2, 0.25) is 5.89 Å². The summed E-state index contributed by atoms with van der Waals surface area (Å²) in [6.45, 7) is 9.14. The van der Waals surface area contributed by atoms with Crippen LogP contribution in [0.4, 0.5) is 4.79 Å². The molecule has 1 amide bonds. The van der Waals surface area contributed by atoms with Crippen LogP contribution in [-0.4, -0.2) is 45.3 Å². The topological polar surface area (TPSA) is 94.8 Å². The highest BCUT2D eigenvalue weighted by molar-refractivity contribution is 5.82. The van der Waals surface area contributed by atoms with Crippen molar-refractivity contribution < 1.29 is 23.5 Å². The maximum absolute atomic E-state index is 12.4. The van der Waals surface area contributed by atoms with Crippen LogP contribution in [0.3, 0.4) is 0 Å². The van der Waals surface area contributed by atoms with Gasteiger partial charge in [-0.2, -0.15) is 0 Å². The van der Waals surface area contributed by atoms with Gasteiger partial charge < -0.3 is 13.9 Å². The van der Waals surface area contributed by atoms with E-state index in [2.05, 4.69) is 10.2 Å². The zero-order chi connectivity index (χ0) is 17.2. The van der Waals surface area contributed by atoms with Gasteiger partial charge in [-0.25, -0.2) is 9.59 Å². The number of carbonyl (C=O) groups is 2. The largest absolute Gasteiger partial charge is 0.451 e. The molecular weight excluding hydrogens is 302 g/mol. The van der Waals surface area contributed by atoms with Crippen LogP contribution in [0, 0.1) is 6.92 Å². The molecule has 1 saturated heterocycles. The highest BCUT2D eigenvalue weighted by atomic mass is 16.6. The fourth-order valence-electron chi connectivity index (χ4n) is 2.33. The summed E-state index contributed by atoms with van der Waals surface area (Å²) in [7, 11) is 0. The van der Waals surface area contributed by atoms with Gasteiger partial charge in [0.1, 0.15) is 11.6 Å². The van der Waals surface area contributed by atoms with E-state index < -0.39 is 29.8 Å². The molecule has 0 bridgehead atoms. The summed E-state index contributed by atoms with van der Waals surface area (Å²) in [5.41, 5.74) is -0.608. The minimum absolute atomic E-state index is 0.234. The molecule has 2 rings (SSSR count). The summed E-state index contributed by atoms with van der Waals surface area (Å²) in [5.74, 6) is 0.147. The predicted octanol–water partition coefficient (Wildman–Crippen LogP) is 2.38. The Morgan fingerprint density at radius 1 is 1.35 bits per heavy atom. The Bertz CT molecular complexity index is 578. The lowest BCUT2D eigenvalue weighted by atomic mass is 10.2. The Labute approximate surface area is 135 Å². The number of carbonyl (C=O) groups excluding carboxylic acids is 2. The number of hydrogen-bond acceptors (Lipinski definition) is 7. The molecule has 1 aliphatic rings. The van der Waals surface area contributed by atoms with Crippen molar-refractivity contribution in [3.63, 3.8) is 0 Å². The fraction of sp³-hybridized carbons (Fsp3) is 0.733. The highest BCUT2D eigenvalue weighted by Crippen LogP contribution is 2.24. The van der Waals surface area contributed by atoms with Crippen molar-refractivity contribution in [2.45, 2.75) is 65.2 Å². The van der Waals surface area contributed by atoms with E-state index in [1.165, 1.54) is 4.90 Å². The zero-order valence-electron chi connectivity index (χ0n) is 14.2. The highest BCUT2D eigenvalue weighted by Gasteiger charge is 2.38. The number of rotatable bonds is 3. The Hall–Kier alpha value is -2.12. The van der Waals surface area contributed by atoms with E-state index >= 15 is 0 Å². The lowest BCUT2D eigenvalue weighted by Gasteiger charge is -2.28. The molecule has 0 saturated carbocycles. The van der Waals surface area contributed by atoms with Crippen LogP contribution in [0.15, 0.2) is 4.42 Å². The Balaban J connectivity index is 1.99. The van der Waals surface area contributed by atoms with Gasteiger partial charge in [-0.3, -0.25) is 4.90 Å². The Kier molecular flexibility index (Phi) is 4.91. The van der Waals surface area contributed by atoms with E-state index in [4.69, 9.17) is 13.9 Å². The normalized spacial score (nSPS) is 19.5. The maximum Gasteiger partial charge on any atom is 0.411 e. The molecule has 8 heteroatoms. The molecule has 8 nitrogen and oxygen atoms in total. The molecule has 0 aliphatic carbocycles. The van der Waals surface area contributed by atoms with E-state index in [0.717, 1.165) is 6.42 Å². The van der Waals surface area contributed by atoms with Crippen molar-refractivity contribution in [3.8, 4) is 0 Å². The van der Waals surface area contributed by atoms with Gasteiger partial charge >= 0.3 is 12.1 Å². The number of likely N-dealkylation sites (tertiary alicyclic amines) is 1. The van der Waals surface area contributed by atoms with Crippen LogP contribution in [0.2, 0.25) is 0 Å². The van der Waals surface area contributed by atoms with Gasteiger partial charge in [0.25, 0.3) is 5.89 Å². The van der Waals surface area contributed by atoms with Gasteiger partial charge in [0, 0.05) is 13.5 Å². The third-order valence-corrected chi connectivity index (χ3v) is 3.34. The minimum Gasteiger partial charge on any atom is -0.451 e. The second kappa shape index (κ2) is 6.55. The summed E-state index contributed by atoms with van der Waals surface area (Å²) >= 11 is 0. The summed E-state index contributed by atoms with van der Waals surface area (Å²) < 4.78 is 15.9. The third-order valence-electron chi connectivity index (χ3n) is 3.34. The number of aromatic nitrogens is 2. The van der Waals surface area contributed by atoms with Crippen LogP contribution < -0.4 is 0 Å². The molecule has 0 radical (unpaired) electrons. The first-order valence-corrected chi connectivity index (χ1v) is 7.67. The summed E-state index contributed by atoms with van der Waals surface area (Å²) in [4.78, 5) is 26.0. The number of aryl methyl sites for hydroxylation is 1. The standard InChI is InChI=1S/C15H23N3O5/c1-9(12-17-16-10(2)22-12)21-13(19)11-7-6-8-18(11)14(20)23-15(3,4)5/h9,11H,6-8H2,1-5H3/t9-,11-/m0/s1. The molecule has 0 unspecified atom stereocenters. The van der Waals surface area contributed by atoms with Gasteiger partial charge in [0.05, 0.1) is 0 Å². The average molecular weight is 325 g/mol. The molecule has 0 spiro atoms. The number of hydrogen-bond donors (Lipinski definition) is 0. The van der Waals surface area contributed by atoms with Crippen LogP contribution in [0.25, 0.3) is 0 Å². The van der Waals surface area contributed by atoms with Gasteiger partial charge in [0.15, 0.2) is 6.10 Å².